The van der Waals surface area contributed by atoms with Crippen molar-refractivity contribution < 1.29 is 13.9 Å². The molecule has 7 heteroatoms. The maximum Gasteiger partial charge on any atom is 0.168 e. The molecule has 6 nitrogen and oxygen atoms in total. The Labute approximate surface area is 111 Å². The molecule has 1 aromatic heterocycles. The van der Waals surface area contributed by atoms with Gasteiger partial charge in [-0.05, 0) is 0 Å². The van der Waals surface area contributed by atoms with E-state index in [1.807, 2.05) is 0 Å². The molecular weight excluding hydrogens is 251 g/mol. The third kappa shape index (κ3) is 2.31. The van der Waals surface area contributed by atoms with Crippen LogP contribution in [0.25, 0.3) is 5.70 Å². The maximum atomic E-state index is 14.3. The van der Waals surface area contributed by atoms with Gasteiger partial charge in [0.25, 0.3) is 0 Å². The molecule has 0 aliphatic carbocycles. The molecule has 2 heterocycles. The smallest absolute Gasteiger partial charge is 0.168 e. The Morgan fingerprint density at radius 3 is 2.89 bits per heavy atom. The van der Waals surface area contributed by atoms with Gasteiger partial charge in [-0.1, -0.05) is 13.5 Å². The molecular formula is C12H19FN4O2. The van der Waals surface area contributed by atoms with Gasteiger partial charge >= 0.3 is 0 Å². The number of imidazole rings is 1. The number of ether oxygens (including phenoxy) is 2. The van der Waals surface area contributed by atoms with E-state index in [0.29, 0.717) is 12.3 Å². The monoisotopic (exact) mass is 270 g/mol. The summed E-state index contributed by atoms with van der Waals surface area (Å²) < 4.78 is 26.4. The molecule has 2 rings (SSSR count). The fourth-order valence-electron chi connectivity index (χ4n) is 2.24. The van der Waals surface area contributed by atoms with Crippen LogP contribution in [0, 0.1) is 5.92 Å². The summed E-state index contributed by atoms with van der Waals surface area (Å²) in [6, 6.07) is 0. The molecule has 1 fully saturated rings. The van der Waals surface area contributed by atoms with E-state index in [4.69, 9.17) is 20.9 Å². The summed E-state index contributed by atoms with van der Waals surface area (Å²) in [6.07, 6.45) is -0.885. The van der Waals surface area contributed by atoms with Gasteiger partial charge in [-0.2, -0.15) is 0 Å². The van der Waals surface area contributed by atoms with Crippen LogP contribution < -0.4 is 11.5 Å². The lowest BCUT2D eigenvalue weighted by Crippen LogP contribution is -2.23. The normalized spacial score (nSPS) is 30.7. The van der Waals surface area contributed by atoms with Gasteiger partial charge in [0.1, 0.15) is 11.5 Å². The number of halogens is 1. The quantitative estimate of drug-likeness (QED) is 0.849. The molecule has 106 valence electrons. The average molecular weight is 270 g/mol. The van der Waals surface area contributed by atoms with Gasteiger partial charge in [0, 0.05) is 13.0 Å². The third-order valence-corrected chi connectivity index (χ3v) is 3.42. The van der Waals surface area contributed by atoms with E-state index in [-0.39, 0.29) is 23.5 Å². The van der Waals surface area contributed by atoms with Gasteiger partial charge in [0.2, 0.25) is 0 Å². The summed E-state index contributed by atoms with van der Waals surface area (Å²) in [7, 11) is 1.55. The molecule has 1 aliphatic rings. The molecule has 0 unspecified atom stereocenters. The second kappa shape index (κ2) is 5.18. The van der Waals surface area contributed by atoms with Gasteiger partial charge in [-0.3, -0.25) is 4.57 Å². The van der Waals surface area contributed by atoms with E-state index in [9.17, 15) is 4.39 Å². The van der Waals surface area contributed by atoms with Crippen LogP contribution in [0.5, 0.6) is 0 Å². The number of anilines is 1. The SMILES string of the molecule is C=C(N)c1ncn([C@@H]2O[C@H](COC)[C@@H](C)[C@H]2F)c1N. The van der Waals surface area contributed by atoms with Crippen LogP contribution in [-0.2, 0) is 9.47 Å². The van der Waals surface area contributed by atoms with Crippen molar-refractivity contribution in [3.63, 3.8) is 0 Å². The van der Waals surface area contributed by atoms with Crippen LogP contribution in [0.2, 0.25) is 0 Å². The molecule has 0 amide bonds. The highest BCUT2D eigenvalue weighted by atomic mass is 19.1. The molecule has 1 saturated heterocycles. The molecule has 0 saturated carbocycles. The Morgan fingerprint density at radius 2 is 2.37 bits per heavy atom. The van der Waals surface area contributed by atoms with Crippen molar-refractivity contribution in [2.24, 2.45) is 11.7 Å². The first-order valence-corrected chi connectivity index (χ1v) is 6.02. The zero-order valence-corrected chi connectivity index (χ0v) is 11.0. The van der Waals surface area contributed by atoms with E-state index < -0.39 is 12.4 Å². The highest BCUT2D eigenvalue weighted by Gasteiger charge is 2.44. The van der Waals surface area contributed by atoms with Crippen LogP contribution in [-0.4, -0.2) is 35.5 Å². The summed E-state index contributed by atoms with van der Waals surface area (Å²) in [5.41, 5.74) is 12.1. The second-order valence-corrected chi connectivity index (χ2v) is 4.73. The van der Waals surface area contributed by atoms with Gasteiger partial charge in [0.05, 0.1) is 24.7 Å². The van der Waals surface area contributed by atoms with E-state index in [1.54, 1.807) is 14.0 Å². The minimum Gasteiger partial charge on any atom is -0.397 e. The van der Waals surface area contributed by atoms with Crippen molar-refractivity contribution in [2.45, 2.75) is 25.4 Å². The molecule has 4 N–H and O–H groups in total. The van der Waals surface area contributed by atoms with Crippen molar-refractivity contribution in [3.05, 3.63) is 18.6 Å². The summed E-state index contributed by atoms with van der Waals surface area (Å²) in [5, 5.41) is 0. The number of methoxy groups -OCH3 is 1. The largest absolute Gasteiger partial charge is 0.397 e. The topological polar surface area (TPSA) is 88.3 Å². The Balaban J connectivity index is 2.25. The van der Waals surface area contributed by atoms with Crippen molar-refractivity contribution in [3.8, 4) is 0 Å². The highest BCUT2D eigenvalue weighted by Crippen LogP contribution is 2.38. The van der Waals surface area contributed by atoms with Crippen molar-refractivity contribution in [2.75, 3.05) is 19.5 Å². The number of rotatable bonds is 4. The zero-order valence-electron chi connectivity index (χ0n) is 11.0. The van der Waals surface area contributed by atoms with E-state index in [1.165, 1.54) is 10.9 Å². The molecule has 0 bridgehead atoms. The summed E-state index contributed by atoms with van der Waals surface area (Å²) >= 11 is 0. The predicted octanol–water partition coefficient (Wildman–Crippen LogP) is 0.913. The lowest BCUT2D eigenvalue weighted by atomic mass is 10.0. The standard InChI is InChI=1S/C12H19FN4O2/c1-6-8(4-18-3)19-12(9(6)13)17-5-16-10(7(2)14)11(17)15/h5-6,8-9,12H,2,4,14-15H2,1,3H3/t6-,8-,9-,12-/m1/s1. The molecule has 0 aromatic carbocycles. The lowest BCUT2D eigenvalue weighted by Gasteiger charge is -2.16. The Hall–Kier alpha value is -1.60. The van der Waals surface area contributed by atoms with Gasteiger partial charge < -0.3 is 20.9 Å². The van der Waals surface area contributed by atoms with Crippen molar-refractivity contribution >= 4 is 11.5 Å². The van der Waals surface area contributed by atoms with E-state index in [2.05, 4.69) is 11.6 Å². The van der Waals surface area contributed by atoms with Crippen LogP contribution in [0.3, 0.4) is 0 Å². The molecule has 4 atom stereocenters. The minimum atomic E-state index is -1.18. The first-order chi connectivity index (χ1) is 8.97. The number of nitrogens with two attached hydrogens (primary N) is 2. The van der Waals surface area contributed by atoms with Crippen LogP contribution in [0.4, 0.5) is 10.2 Å². The first-order valence-electron chi connectivity index (χ1n) is 6.02. The summed E-state index contributed by atoms with van der Waals surface area (Å²) in [5.74, 6) is -0.0262. The fraction of sp³-hybridized carbons (Fsp3) is 0.583. The number of hydrogen-bond acceptors (Lipinski definition) is 5. The van der Waals surface area contributed by atoms with E-state index in [0.717, 1.165) is 0 Å². The zero-order chi connectivity index (χ0) is 14.2. The minimum absolute atomic E-state index is 0.242. The molecule has 1 aliphatic heterocycles. The first kappa shape index (κ1) is 13.8. The fourth-order valence-corrected chi connectivity index (χ4v) is 2.24. The average Bonchev–Trinajstić information content (AvgIpc) is 2.85. The van der Waals surface area contributed by atoms with Crippen molar-refractivity contribution in [1.82, 2.24) is 9.55 Å². The number of nitrogens with zero attached hydrogens (tertiary/aromatic N) is 2. The lowest BCUT2D eigenvalue weighted by molar-refractivity contribution is -0.0462. The summed E-state index contributed by atoms with van der Waals surface area (Å²) in [4.78, 5) is 4.03. The predicted molar refractivity (Wildman–Crippen MR) is 69.7 cm³/mol. The highest BCUT2D eigenvalue weighted by molar-refractivity contribution is 5.66. The van der Waals surface area contributed by atoms with Crippen LogP contribution in [0.1, 0.15) is 18.8 Å². The molecule has 0 spiro atoms. The second-order valence-electron chi connectivity index (χ2n) is 4.73. The Kier molecular flexibility index (Phi) is 3.77. The van der Waals surface area contributed by atoms with E-state index >= 15 is 0 Å². The van der Waals surface area contributed by atoms with Gasteiger partial charge in [-0.15, -0.1) is 0 Å². The van der Waals surface area contributed by atoms with Crippen molar-refractivity contribution in [1.29, 1.82) is 0 Å². The number of alkyl halides is 1. The third-order valence-electron chi connectivity index (χ3n) is 3.42. The Bertz CT molecular complexity index is 476. The molecule has 1 aromatic rings. The molecule has 0 radical (unpaired) electrons. The maximum absolute atomic E-state index is 14.3. The number of nitrogen functional groups attached to an aromatic ring is 1. The Morgan fingerprint density at radius 1 is 1.68 bits per heavy atom. The summed E-state index contributed by atoms with van der Waals surface area (Å²) in [6.45, 7) is 5.69. The van der Waals surface area contributed by atoms with Crippen LogP contribution >= 0.6 is 0 Å². The molecule has 19 heavy (non-hydrogen) atoms. The van der Waals surface area contributed by atoms with Gasteiger partial charge in [-0.25, -0.2) is 9.37 Å². The number of hydrogen-bond donors (Lipinski definition) is 2. The van der Waals surface area contributed by atoms with Gasteiger partial charge in [0.15, 0.2) is 12.4 Å². The number of aromatic nitrogens is 2. The van der Waals surface area contributed by atoms with Crippen LogP contribution in [0.15, 0.2) is 12.9 Å².